The standard InChI is InChI=1S/C22H29N3O6/c1-23-8-4-5-18(23)14-24(9-11-28-2)21(26)15-25(10-12-29-3)22(27)17-6-7-19-20(13-17)31-16-30-19/h4-8,13H,9-12,14-16H2,1-3H3. The lowest BCUT2D eigenvalue weighted by molar-refractivity contribution is -0.133. The molecule has 9 heteroatoms. The summed E-state index contributed by atoms with van der Waals surface area (Å²) >= 11 is 0. The smallest absolute Gasteiger partial charge is 0.254 e. The molecule has 0 atom stereocenters. The Bertz CT molecular complexity index is 897. The summed E-state index contributed by atoms with van der Waals surface area (Å²) in [7, 11) is 5.09. The lowest BCUT2D eigenvalue weighted by atomic mass is 10.1. The lowest BCUT2D eigenvalue weighted by Crippen LogP contribution is -2.45. The predicted molar refractivity (Wildman–Crippen MR) is 113 cm³/mol. The van der Waals surface area contributed by atoms with Crippen molar-refractivity contribution in [1.82, 2.24) is 14.4 Å². The molecule has 168 valence electrons. The molecule has 31 heavy (non-hydrogen) atoms. The summed E-state index contributed by atoms with van der Waals surface area (Å²) in [5, 5.41) is 0. The summed E-state index contributed by atoms with van der Waals surface area (Å²) < 4.78 is 23.0. The van der Waals surface area contributed by atoms with E-state index in [4.69, 9.17) is 18.9 Å². The number of fused-ring (bicyclic) bond motifs is 1. The highest BCUT2D eigenvalue weighted by molar-refractivity contribution is 5.97. The highest BCUT2D eigenvalue weighted by atomic mass is 16.7. The average molecular weight is 431 g/mol. The van der Waals surface area contributed by atoms with Crippen LogP contribution in [0.1, 0.15) is 16.1 Å². The summed E-state index contributed by atoms with van der Waals surface area (Å²) in [6.45, 7) is 1.94. The Labute approximate surface area is 182 Å². The third-order valence-electron chi connectivity index (χ3n) is 5.12. The first kappa shape index (κ1) is 22.6. The molecule has 0 unspecified atom stereocenters. The first-order valence-electron chi connectivity index (χ1n) is 10.1. The van der Waals surface area contributed by atoms with Crippen molar-refractivity contribution in [2.45, 2.75) is 6.54 Å². The van der Waals surface area contributed by atoms with Gasteiger partial charge in [0.25, 0.3) is 5.91 Å². The highest BCUT2D eigenvalue weighted by Crippen LogP contribution is 2.32. The van der Waals surface area contributed by atoms with E-state index in [1.807, 2.05) is 29.9 Å². The Hall–Kier alpha value is -3.04. The number of rotatable bonds is 11. The van der Waals surface area contributed by atoms with E-state index in [1.54, 1.807) is 37.3 Å². The van der Waals surface area contributed by atoms with Crippen molar-refractivity contribution in [2.24, 2.45) is 7.05 Å². The van der Waals surface area contributed by atoms with E-state index in [-0.39, 0.29) is 31.7 Å². The van der Waals surface area contributed by atoms with Crippen LogP contribution in [0.15, 0.2) is 36.5 Å². The van der Waals surface area contributed by atoms with Gasteiger partial charge in [-0.15, -0.1) is 0 Å². The minimum absolute atomic E-state index is 0.0647. The minimum Gasteiger partial charge on any atom is -0.454 e. The summed E-state index contributed by atoms with van der Waals surface area (Å²) in [4.78, 5) is 29.5. The van der Waals surface area contributed by atoms with Gasteiger partial charge < -0.3 is 33.3 Å². The molecule has 0 radical (unpaired) electrons. The van der Waals surface area contributed by atoms with Gasteiger partial charge in [-0.3, -0.25) is 9.59 Å². The number of hydrogen-bond acceptors (Lipinski definition) is 6. The van der Waals surface area contributed by atoms with Gasteiger partial charge in [-0.05, 0) is 30.3 Å². The number of ether oxygens (including phenoxy) is 4. The molecule has 0 saturated heterocycles. The van der Waals surface area contributed by atoms with E-state index >= 15 is 0 Å². The Kier molecular flexibility index (Phi) is 7.91. The fourth-order valence-corrected chi connectivity index (χ4v) is 3.28. The summed E-state index contributed by atoms with van der Waals surface area (Å²) in [5.74, 6) is 0.691. The maximum absolute atomic E-state index is 13.2. The van der Waals surface area contributed by atoms with Gasteiger partial charge >= 0.3 is 0 Å². The van der Waals surface area contributed by atoms with E-state index in [9.17, 15) is 9.59 Å². The molecule has 0 spiro atoms. The van der Waals surface area contributed by atoms with Gasteiger partial charge in [-0.1, -0.05) is 0 Å². The maximum Gasteiger partial charge on any atom is 0.254 e. The van der Waals surface area contributed by atoms with Crippen LogP contribution in [-0.4, -0.2) is 80.0 Å². The Morgan fingerprint density at radius 1 is 1.03 bits per heavy atom. The third-order valence-corrected chi connectivity index (χ3v) is 5.12. The SMILES string of the molecule is COCCN(Cc1cccn1C)C(=O)CN(CCOC)C(=O)c1ccc2c(c1)OCO2. The summed E-state index contributed by atoms with van der Waals surface area (Å²) in [5.41, 5.74) is 1.43. The van der Waals surface area contributed by atoms with Gasteiger partial charge in [0.1, 0.15) is 6.54 Å². The van der Waals surface area contributed by atoms with Gasteiger partial charge in [0.2, 0.25) is 12.7 Å². The predicted octanol–water partition coefficient (Wildman–Crippen LogP) is 1.52. The molecule has 0 bridgehead atoms. The maximum atomic E-state index is 13.2. The zero-order valence-electron chi connectivity index (χ0n) is 18.2. The van der Waals surface area contributed by atoms with Gasteiger partial charge in [0.05, 0.1) is 19.8 Å². The monoisotopic (exact) mass is 431 g/mol. The van der Waals surface area contributed by atoms with Crippen LogP contribution in [0, 0.1) is 0 Å². The molecular formula is C22H29N3O6. The van der Waals surface area contributed by atoms with E-state index in [1.165, 1.54) is 4.90 Å². The lowest BCUT2D eigenvalue weighted by Gasteiger charge is -2.28. The number of carbonyl (C=O) groups excluding carboxylic acids is 2. The molecule has 1 aliphatic rings. The Balaban J connectivity index is 1.74. The molecule has 0 aliphatic carbocycles. The number of hydrogen-bond donors (Lipinski definition) is 0. The number of nitrogens with zero attached hydrogens (tertiary/aromatic N) is 3. The van der Waals surface area contributed by atoms with E-state index < -0.39 is 0 Å². The van der Waals surface area contributed by atoms with Crippen molar-refractivity contribution in [3.63, 3.8) is 0 Å². The largest absolute Gasteiger partial charge is 0.454 e. The molecule has 9 nitrogen and oxygen atoms in total. The van der Waals surface area contributed by atoms with E-state index in [2.05, 4.69) is 0 Å². The summed E-state index contributed by atoms with van der Waals surface area (Å²) in [6, 6.07) is 8.91. The van der Waals surface area contributed by atoms with Crippen molar-refractivity contribution >= 4 is 11.8 Å². The molecule has 0 N–H and O–H groups in total. The molecule has 2 heterocycles. The zero-order valence-corrected chi connectivity index (χ0v) is 18.2. The second kappa shape index (κ2) is 10.8. The van der Waals surface area contributed by atoms with E-state index in [0.29, 0.717) is 43.4 Å². The topological polar surface area (TPSA) is 82.5 Å². The fourth-order valence-electron chi connectivity index (χ4n) is 3.28. The van der Waals surface area contributed by atoms with Crippen molar-refractivity contribution in [3.05, 3.63) is 47.8 Å². The molecule has 1 aromatic heterocycles. The van der Waals surface area contributed by atoms with E-state index in [0.717, 1.165) is 5.69 Å². The number of carbonyl (C=O) groups is 2. The van der Waals surface area contributed by atoms with Crippen LogP contribution in [0.5, 0.6) is 11.5 Å². The van der Waals surface area contributed by atoms with Crippen LogP contribution in [0.25, 0.3) is 0 Å². The normalized spacial score (nSPS) is 12.1. The average Bonchev–Trinajstić information content (AvgIpc) is 3.41. The Morgan fingerprint density at radius 3 is 2.42 bits per heavy atom. The molecule has 2 aromatic rings. The first-order valence-corrected chi connectivity index (χ1v) is 10.1. The quantitative estimate of drug-likeness (QED) is 0.537. The number of methoxy groups -OCH3 is 2. The number of amides is 2. The van der Waals surface area contributed by atoms with Crippen LogP contribution in [0.2, 0.25) is 0 Å². The molecule has 1 aliphatic heterocycles. The van der Waals surface area contributed by atoms with Crippen LogP contribution in [0.4, 0.5) is 0 Å². The zero-order chi connectivity index (χ0) is 22.2. The molecule has 0 saturated carbocycles. The van der Waals surface area contributed by atoms with Gasteiger partial charge in [-0.2, -0.15) is 0 Å². The molecule has 1 aromatic carbocycles. The van der Waals surface area contributed by atoms with Crippen molar-refractivity contribution < 1.29 is 28.5 Å². The van der Waals surface area contributed by atoms with Crippen LogP contribution >= 0.6 is 0 Å². The molecule has 3 rings (SSSR count). The molecular weight excluding hydrogens is 402 g/mol. The first-order chi connectivity index (χ1) is 15.0. The number of aromatic nitrogens is 1. The number of aryl methyl sites for hydroxylation is 1. The second-order valence-corrected chi connectivity index (χ2v) is 7.21. The second-order valence-electron chi connectivity index (χ2n) is 7.21. The van der Waals surface area contributed by atoms with Crippen molar-refractivity contribution in [2.75, 3.05) is 53.9 Å². The van der Waals surface area contributed by atoms with Gasteiger partial charge in [0.15, 0.2) is 11.5 Å². The highest BCUT2D eigenvalue weighted by Gasteiger charge is 2.24. The molecule has 0 fully saturated rings. The van der Waals surface area contributed by atoms with Crippen molar-refractivity contribution in [1.29, 1.82) is 0 Å². The summed E-state index contributed by atoms with van der Waals surface area (Å²) in [6.07, 6.45) is 1.93. The third kappa shape index (κ3) is 5.77. The van der Waals surface area contributed by atoms with Crippen LogP contribution in [-0.2, 0) is 27.9 Å². The molecule has 2 amide bonds. The van der Waals surface area contributed by atoms with Crippen LogP contribution < -0.4 is 9.47 Å². The fraction of sp³-hybridized carbons (Fsp3) is 0.455. The van der Waals surface area contributed by atoms with Gasteiger partial charge in [0, 0.05) is 51.8 Å². The van der Waals surface area contributed by atoms with Gasteiger partial charge in [-0.25, -0.2) is 0 Å². The van der Waals surface area contributed by atoms with Crippen LogP contribution in [0.3, 0.4) is 0 Å². The Morgan fingerprint density at radius 2 is 1.74 bits per heavy atom. The van der Waals surface area contributed by atoms with Crippen molar-refractivity contribution in [3.8, 4) is 11.5 Å². The minimum atomic E-state index is -0.269. The number of benzene rings is 1.